The number of ether oxygens (including phenoxy) is 1. The van der Waals surface area contributed by atoms with E-state index in [1.54, 1.807) is 0 Å². The van der Waals surface area contributed by atoms with Gasteiger partial charge in [0, 0.05) is 6.04 Å². The minimum atomic E-state index is 0.473. The van der Waals surface area contributed by atoms with Gasteiger partial charge in [0.15, 0.2) is 0 Å². The lowest BCUT2D eigenvalue weighted by Gasteiger charge is -2.28. The molecule has 1 aliphatic rings. The summed E-state index contributed by atoms with van der Waals surface area (Å²) < 4.78 is 5.74. The highest BCUT2D eigenvalue weighted by molar-refractivity contribution is 5.39. The van der Waals surface area contributed by atoms with Gasteiger partial charge < -0.3 is 4.74 Å². The smallest absolute Gasteiger partial charge is 0.122 e. The Labute approximate surface area is 105 Å². The quantitative estimate of drug-likeness (QED) is 0.790. The summed E-state index contributed by atoms with van der Waals surface area (Å²) in [6.07, 6.45) is 2.31. The Morgan fingerprint density at radius 3 is 2.76 bits per heavy atom. The fraction of sp³-hybridized carbons (Fsp3) is 0.600. The van der Waals surface area contributed by atoms with Crippen LogP contribution in [0, 0.1) is 0 Å². The SMILES string of the molecule is CCN(CC)C(C)c1ccc2c(c1)OCCC2. The van der Waals surface area contributed by atoms with E-state index in [4.69, 9.17) is 4.74 Å². The van der Waals surface area contributed by atoms with Crippen molar-refractivity contribution in [1.82, 2.24) is 4.90 Å². The Morgan fingerprint density at radius 1 is 1.29 bits per heavy atom. The second kappa shape index (κ2) is 5.54. The fourth-order valence-electron chi connectivity index (χ4n) is 2.60. The van der Waals surface area contributed by atoms with Crippen LogP contribution in [0.4, 0.5) is 0 Å². The fourth-order valence-corrected chi connectivity index (χ4v) is 2.60. The van der Waals surface area contributed by atoms with E-state index in [0.29, 0.717) is 6.04 Å². The molecule has 0 N–H and O–H groups in total. The Balaban J connectivity index is 2.21. The normalized spacial score (nSPS) is 16.5. The van der Waals surface area contributed by atoms with Crippen LogP contribution in [0.2, 0.25) is 0 Å². The van der Waals surface area contributed by atoms with Crippen LogP contribution in [0.1, 0.15) is 44.4 Å². The van der Waals surface area contributed by atoms with Crippen LogP contribution >= 0.6 is 0 Å². The van der Waals surface area contributed by atoms with Gasteiger partial charge in [0.1, 0.15) is 5.75 Å². The van der Waals surface area contributed by atoms with Crippen LogP contribution in [0.25, 0.3) is 0 Å². The molecule has 0 saturated carbocycles. The molecule has 0 fully saturated rings. The van der Waals surface area contributed by atoms with Crippen molar-refractivity contribution in [2.24, 2.45) is 0 Å². The first-order chi connectivity index (χ1) is 8.26. The Morgan fingerprint density at radius 2 is 2.06 bits per heavy atom. The third kappa shape index (κ3) is 2.63. The molecule has 0 radical (unpaired) electrons. The number of nitrogens with zero attached hydrogens (tertiary/aromatic N) is 1. The summed E-state index contributed by atoms with van der Waals surface area (Å²) >= 11 is 0. The van der Waals surface area contributed by atoms with Crippen LogP contribution in [0.5, 0.6) is 5.75 Å². The maximum Gasteiger partial charge on any atom is 0.122 e. The van der Waals surface area contributed by atoms with Gasteiger partial charge >= 0.3 is 0 Å². The van der Waals surface area contributed by atoms with E-state index in [1.165, 1.54) is 11.1 Å². The first-order valence-electron chi connectivity index (χ1n) is 6.76. The summed E-state index contributed by atoms with van der Waals surface area (Å²) in [5.41, 5.74) is 2.74. The lowest BCUT2D eigenvalue weighted by Crippen LogP contribution is -2.26. The van der Waals surface area contributed by atoms with Gasteiger partial charge in [-0.05, 0) is 50.0 Å². The Kier molecular flexibility index (Phi) is 4.06. The number of aryl methyl sites for hydroxylation is 1. The van der Waals surface area contributed by atoms with Crippen molar-refractivity contribution in [1.29, 1.82) is 0 Å². The van der Waals surface area contributed by atoms with Crippen molar-refractivity contribution in [3.63, 3.8) is 0 Å². The molecule has 0 spiro atoms. The molecule has 0 amide bonds. The summed E-state index contributed by atoms with van der Waals surface area (Å²) in [5.74, 6) is 1.10. The minimum absolute atomic E-state index is 0.473. The number of hydrogen-bond acceptors (Lipinski definition) is 2. The zero-order chi connectivity index (χ0) is 12.3. The van der Waals surface area contributed by atoms with Crippen LogP contribution in [0.3, 0.4) is 0 Å². The van der Waals surface area contributed by atoms with Crippen LogP contribution in [0.15, 0.2) is 18.2 Å². The maximum absolute atomic E-state index is 5.74. The molecule has 1 aromatic carbocycles. The molecule has 1 heterocycles. The highest BCUT2D eigenvalue weighted by Crippen LogP contribution is 2.29. The molecule has 0 bridgehead atoms. The Bertz CT molecular complexity index is 371. The lowest BCUT2D eigenvalue weighted by atomic mass is 10.00. The molecule has 0 aromatic heterocycles. The highest BCUT2D eigenvalue weighted by atomic mass is 16.5. The molecule has 2 rings (SSSR count). The predicted octanol–water partition coefficient (Wildman–Crippen LogP) is 3.41. The number of benzene rings is 1. The van der Waals surface area contributed by atoms with Gasteiger partial charge in [0.25, 0.3) is 0 Å². The molecule has 0 saturated heterocycles. The van der Waals surface area contributed by atoms with Crippen LogP contribution < -0.4 is 4.74 Å². The van der Waals surface area contributed by atoms with Crippen molar-refractivity contribution in [3.8, 4) is 5.75 Å². The van der Waals surface area contributed by atoms with E-state index < -0.39 is 0 Å². The van der Waals surface area contributed by atoms with E-state index >= 15 is 0 Å². The largest absolute Gasteiger partial charge is 0.493 e. The maximum atomic E-state index is 5.74. The summed E-state index contributed by atoms with van der Waals surface area (Å²) in [6, 6.07) is 7.21. The molecule has 1 aromatic rings. The second-order valence-electron chi connectivity index (χ2n) is 4.72. The zero-order valence-electron chi connectivity index (χ0n) is 11.2. The molecule has 1 atom stereocenters. The van der Waals surface area contributed by atoms with Crippen molar-refractivity contribution >= 4 is 0 Å². The molecular weight excluding hydrogens is 210 g/mol. The summed E-state index contributed by atoms with van der Waals surface area (Å²) in [5, 5.41) is 0. The molecule has 94 valence electrons. The third-order valence-electron chi connectivity index (χ3n) is 3.78. The average molecular weight is 233 g/mol. The molecule has 2 heteroatoms. The van der Waals surface area contributed by atoms with E-state index in [2.05, 4.69) is 43.9 Å². The molecule has 1 aliphatic heterocycles. The molecule has 0 aliphatic carbocycles. The molecule has 1 unspecified atom stereocenters. The molecule has 2 nitrogen and oxygen atoms in total. The van der Waals surface area contributed by atoms with Gasteiger partial charge in [-0.25, -0.2) is 0 Å². The molecular formula is C15H23NO. The predicted molar refractivity (Wildman–Crippen MR) is 71.6 cm³/mol. The summed E-state index contributed by atoms with van der Waals surface area (Å²) in [6.45, 7) is 9.77. The summed E-state index contributed by atoms with van der Waals surface area (Å²) in [7, 11) is 0. The van der Waals surface area contributed by atoms with Crippen molar-refractivity contribution in [3.05, 3.63) is 29.3 Å². The van der Waals surface area contributed by atoms with E-state index in [-0.39, 0.29) is 0 Å². The minimum Gasteiger partial charge on any atom is -0.493 e. The first kappa shape index (κ1) is 12.4. The van der Waals surface area contributed by atoms with Gasteiger partial charge in [-0.3, -0.25) is 4.90 Å². The van der Waals surface area contributed by atoms with Crippen LogP contribution in [-0.4, -0.2) is 24.6 Å². The number of fused-ring (bicyclic) bond motifs is 1. The number of rotatable bonds is 4. The standard InChI is InChI=1S/C15H23NO/c1-4-16(5-2)12(3)14-9-8-13-7-6-10-17-15(13)11-14/h8-9,11-12H,4-7,10H2,1-3H3. The van der Waals surface area contributed by atoms with E-state index in [9.17, 15) is 0 Å². The molecule has 17 heavy (non-hydrogen) atoms. The highest BCUT2D eigenvalue weighted by Gasteiger charge is 2.16. The summed E-state index contributed by atoms with van der Waals surface area (Å²) in [4.78, 5) is 2.46. The third-order valence-corrected chi connectivity index (χ3v) is 3.78. The van der Waals surface area contributed by atoms with Crippen molar-refractivity contribution in [2.75, 3.05) is 19.7 Å². The van der Waals surface area contributed by atoms with Gasteiger partial charge in [-0.1, -0.05) is 26.0 Å². The van der Waals surface area contributed by atoms with Gasteiger partial charge in [-0.2, -0.15) is 0 Å². The van der Waals surface area contributed by atoms with Crippen molar-refractivity contribution < 1.29 is 4.74 Å². The van der Waals surface area contributed by atoms with E-state index in [0.717, 1.165) is 38.3 Å². The zero-order valence-corrected chi connectivity index (χ0v) is 11.2. The monoisotopic (exact) mass is 233 g/mol. The Hall–Kier alpha value is -1.02. The van der Waals surface area contributed by atoms with Crippen LogP contribution in [-0.2, 0) is 6.42 Å². The van der Waals surface area contributed by atoms with Gasteiger partial charge in [0.2, 0.25) is 0 Å². The average Bonchev–Trinajstić information content (AvgIpc) is 2.39. The van der Waals surface area contributed by atoms with Gasteiger partial charge in [-0.15, -0.1) is 0 Å². The van der Waals surface area contributed by atoms with Gasteiger partial charge in [0.05, 0.1) is 6.61 Å². The lowest BCUT2D eigenvalue weighted by molar-refractivity contribution is 0.232. The first-order valence-corrected chi connectivity index (χ1v) is 6.76. The van der Waals surface area contributed by atoms with Crippen molar-refractivity contribution in [2.45, 2.75) is 39.7 Å². The van der Waals surface area contributed by atoms with E-state index in [1.807, 2.05) is 0 Å². The second-order valence-corrected chi connectivity index (χ2v) is 4.72. The topological polar surface area (TPSA) is 12.5 Å². The number of hydrogen-bond donors (Lipinski definition) is 0.